The van der Waals surface area contributed by atoms with E-state index in [-0.39, 0.29) is 24.9 Å². The van der Waals surface area contributed by atoms with Gasteiger partial charge in [0, 0.05) is 23.4 Å². The summed E-state index contributed by atoms with van der Waals surface area (Å²) in [6.45, 7) is 4.66. The SMILES string of the molecule is CCOc1ccc(N2C(=O)c3cc(-c4ccccc4)nn3C[C@]2(C)C(=O)NCc2ccccc2OC)cc1. The highest BCUT2D eigenvalue weighted by Gasteiger charge is 2.49. The molecule has 1 aliphatic heterocycles. The molecule has 0 saturated carbocycles. The molecule has 3 aromatic carbocycles. The second-order valence-electron chi connectivity index (χ2n) is 9.27. The molecule has 0 radical (unpaired) electrons. The maximum absolute atomic E-state index is 14.0. The number of amides is 2. The van der Waals surface area contributed by atoms with Crippen LogP contribution in [0.1, 0.15) is 29.9 Å². The summed E-state index contributed by atoms with van der Waals surface area (Å²) in [6.07, 6.45) is 0. The van der Waals surface area contributed by atoms with E-state index in [2.05, 4.69) is 5.32 Å². The number of hydrogen-bond donors (Lipinski definition) is 1. The van der Waals surface area contributed by atoms with Crippen LogP contribution in [0.3, 0.4) is 0 Å². The van der Waals surface area contributed by atoms with Gasteiger partial charge in [0.05, 0.1) is 26.0 Å². The van der Waals surface area contributed by atoms with Crippen LogP contribution in [-0.2, 0) is 17.9 Å². The topological polar surface area (TPSA) is 85.7 Å². The zero-order chi connectivity index (χ0) is 26.7. The molecule has 1 aromatic heterocycles. The maximum atomic E-state index is 14.0. The number of rotatable bonds is 8. The fraction of sp³-hybridized carbons (Fsp3) is 0.233. The second-order valence-corrected chi connectivity index (χ2v) is 9.27. The molecule has 8 nitrogen and oxygen atoms in total. The van der Waals surface area contributed by atoms with Crippen molar-refractivity contribution in [2.24, 2.45) is 0 Å². The molecule has 4 aromatic rings. The number of carbonyl (C=O) groups excluding carboxylic acids is 2. The first kappa shape index (κ1) is 25.1. The lowest BCUT2D eigenvalue weighted by atomic mass is 9.93. The second kappa shape index (κ2) is 10.4. The fourth-order valence-corrected chi connectivity index (χ4v) is 4.81. The molecule has 0 aliphatic carbocycles. The molecular weight excluding hydrogens is 480 g/mol. The quantitative estimate of drug-likeness (QED) is 0.372. The van der Waals surface area contributed by atoms with E-state index in [1.807, 2.05) is 61.5 Å². The smallest absolute Gasteiger partial charge is 0.277 e. The van der Waals surface area contributed by atoms with Crippen LogP contribution in [-0.4, -0.2) is 40.9 Å². The number of aromatic nitrogens is 2. The van der Waals surface area contributed by atoms with Gasteiger partial charge < -0.3 is 14.8 Å². The van der Waals surface area contributed by atoms with E-state index in [0.717, 1.165) is 11.1 Å². The van der Waals surface area contributed by atoms with Crippen LogP contribution < -0.4 is 19.7 Å². The maximum Gasteiger partial charge on any atom is 0.277 e. The Morgan fingerprint density at radius 1 is 1.03 bits per heavy atom. The Hall–Kier alpha value is -4.59. The number of carbonyl (C=O) groups is 2. The third-order valence-electron chi connectivity index (χ3n) is 6.75. The Morgan fingerprint density at radius 2 is 1.74 bits per heavy atom. The minimum absolute atomic E-state index is 0.186. The molecule has 2 heterocycles. The molecule has 0 fully saturated rings. The van der Waals surface area contributed by atoms with Crippen molar-refractivity contribution >= 4 is 17.5 Å². The van der Waals surface area contributed by atoms with Gasteiger partial charge >= 0.3 is 0 Å². The number of anilines is 1. The average molecular weight is 511 g/mol. The first-order chi connectivity index (χ1) is 18.4. The number of fused-ring (bicyclic) bond motifs is 1. The van der Waals surface area contributed by atoms with E-state index in [1.54, 1.807) is 53.9 Å². The van der Waals surface area contributed by atoms with Gasteiger partial charge in [0.2, 0.25) is 5.91 Å². The third-order valence-corrected chi connectivity index (χ3v) is 6.75. The van der Waals surface area contributed by atoms with E-state index in [1.165, 1.54) is 0 Å². The summed E-state index contributed by atoms with van der Waals surface area (Å²) < 4.78 is 12.7. The molecule has 1 atom stereocenters. The Bertz CT molecular complexity index is 1450. The Balaban J connectivity index is 1.52. The molecule has 5 rings (SSSR count). The highest BCUT2D eigenvalue weighted by atomic mass is 16.5. The van der Waals surface area contributed by atoms with Crippen molar-refractivity contribution in [1.29, 1.82) is 0 Å². The van der Waals surface area contributed by atoms with E-state index in [9.17, 15) is 9.59 Å². The van der Waals surface area contributed by atoms with Crippen molar-refractivity contribution in [1.82, 2.24) is 15.1 Å². The molecule has 0 unspecified atom stereocenters. The van der Waals surface area contributed by atoms with Gasteiger partial charge in [-0.2, -0.15) is 5.10 Å². The van der Waals surface area contributed by atoms with Gasteiger partial charge in [-0.1, -0.05) is 48.5 Å². The van der Waals surface area contributed by atoms with Gasteiger partial charge in [0.25, 0.3) is 5.91 Å². The van der Waals surface area contributed by atoms with Gasteiger partial charge in [-0.3, -0.25) is 19.2 Å². The Morgan fingerprint density at radius 3 is 2.45 bits per heavy atom. The minimum Gasteiger partial charge on any atom is -0.496 e. The molecule has 1 aliphatic rings. The highest BCUT2D eigenvalue weighted by Crippen LogP contribution is 2.35. The van der Waals surface area contributed by atoms with E-state index >= 15 is 0 Å². The number of para-hydroxylation sites is 1. The van der Waals surface area contributed by atoms with E-state index < -0.39 is 5.54 Å². The normalized spacial score (nSPS) is 16.6. The first-order valence-electron chi connectivity index (χ1n) is 12.6. The summed E-state index contributed by atoms with van der Waals surface area (Å²) in [5.41, 5.74) is 2.19. The summed E-state index contributed by atoms with van der Waals surface area (Å²) >= 11 is 0. The zero-order valence-electron chi connectivity index (χ0n) is 21.7. The van der Waals surface area contributed by atoms with Crippen molar-refractivity contribution in [3.05, 3.63) is 96.2 Å². The van der Waals surface area contributed by atoms with Gasteiger partial charge in [0.15, 0.2) is 0 Å². The fourth-order valence-electron chi connectivity index (χ4n) is 4.81. The largest absolute Gasteiger partial charge is 0.496 e. The molecule has 0 bridgehead atoms. The number of hydrogen-bond acceptors (Lipinski definition) is 5. The molecule has 2 amide bonds. The van der Waals surface area contributed by atoms with Crippen molar-refractivity contribution in [3.8, 4) is 22.8 Å². The summed E-state index contributed by atoms with van der Waals surface area (Å²) in [5.74, 6) is 0.778. The van der Waals surface area contributed by atoms with Crippen LogP contribution in [0.4, 0.5) is 5.69 Å². The summed E-state index contributed by atoms with van der Waals surface area (Å²) in [5, 5.41) is 7.74. The number of nitrogens with one attached hydrogen (secondary N) is 1. The number of benzene rings is 3. The molecule has 1 N–H and O–H groups in total. The van der Waals surface area contributed by atoms with Gasteiger partial charge in [0.1, 0.15) is 22.7 Å². The van der Waals surface area contributed by atoms with Gasteiger partial charge in [-0.25, -0.2) is 0 Å². The minimum atomic E-state index is -1.25. The van der Waals surface area contributed by atoms with Crippen LogP contribution in [0.25, 0.3) is 11.3 Å². The summed E-state index contributed by atoms with van der Waals surface area (Å²) in [4.78, 5) is 29.4. The predicted octanol–water partition coefficient (Wildman–Crippen LogP) is 4.69. The number of ether oxygens (including phenoxy) is 2. The molecule has 0 spiro atoms. The predicted molar refractivity (Wildman–Crippen MR) is 145 cm³/mol. The van der Waals surface area contributed by atoms with Crippen LogP contribution in [0.5, 0.6) is 11.5 Å². The highest BCUT2D eigenvalue weighted by molar-refractivity contribution is 6.12. The lowest BCUT2D eigenvalue weighted by molar-refractivity contribution is -0.126. The van der Waals surface area contributed by atoms with Crippen molar-refractivity contribution in [3.63, 3.8) is 0 Å². The Labute approximate surface area is 221 Å². The lowest BCUT2D eigenvalue weighted by Gasteiger charge is -2.43. The standard InChI is InChI=1S/C30H30N4O4/c1-4-38-24-16-14-23(15-17-24)34-28(35)26-18-25(21-10-6-5-7-11-21)32-33(26)20-30(34,2)29(36)31-19-22-12-8-9-13-27(22)37-3/h5-18H,4,19-20H2,1-3H3,(H,31,36)/t30-/m1/s1. The molecule has 0 saturated heterocycles. The number of nitrogens with zero attached hydrogens (tertiary/aromatic N) is 3. The van der Waals surface area contributed by atoms with Crippen molar-refractivity contribution in [2.45, 2.75) is 32.5 Å². The van der Waals surface area contributed by atoms with Crippen molar-refractivity contribution in [2.75, 3.05) is 18.6 Å². The zero-order valence-corrected chi connectivity index (χ0v) is 21.7. The van der Waals surface area contributed by atoms with Gasteiger partial charge in [-0.05, 0) is 50.2 Å². The van der Waals surface area contributed by atoms with Crippen LogP contribution in [0.15, 0.2) is 84.9 Å². The molecule has 194 valence electrons. The van der Waals surface area contributed by atoms with E-state index in [0.29, 0.717) is 35.2 Å². The molecule has 8 heteroatoms. The average Bonchev–Trinajstić information content (AvgIpc) is 3.37. The monoisotopic (exact) mass is 510 g/mol. The van der Waals surface area contributed by atoms with E-state index in [4.69, 9.17) is 14.6 Å². The van der Waals surface area contributed by atoms with Gasteiger partial charge in [-0.15, -0.1) is 0 Å². The van der Waals surface area contributed by atoms with Crippen LogP contribution in [0, 0.1) is 0 Å². The summed E-state index contributed by atoms with van der Waals surface area (Å²) in [7, 11) is 1.60. The van der Waals surface area contributed by atoms with Crippen molar-refractivity contribution < 1.29 is 19.1 Å². The summed E-state index contributed by atoms with van der Waals surface area (Å²) in [6, 6.07) is 26.2. The molecular formula is C30H30N4O4. The van der Waals surface area contributed by atoms with Crippen LogP contribution in [0.2, 0.25) is 0 Å². The third kappa shape index (κ3) is 4.61. The Kier molecular flexibility index (Phi) is 6.87. The molecule has 38 heavy (non-hydrogen) atoms. The number of methoxy groups -OCH3 is 1. The van der Waals surface area contributed by atoms with Crippen LogP contribution >= 0.6 is 0 Å². The lowest BCUT2D eigenvalue weighted by Crippen LogP contribution is -2.64. The first-order valence-corrected chi connectivity index (χ1v) is 12.6.